The maximum Gasteiger partial charge on any atom is 0.217 e. The maximum absolute atomic E-state index is 11.1. The zero-order chi connectivity index (χ0) is 14.4. The third-order valence-electron chi connectivity index (χ3n) is 4.29. The van der Waals surface area contributed by atoms with E-state index < -0.39 is 0 Å². The molecule has 0 spiro atoms. The molecule has 1 heterocycles. The molecule has 1 aliphatic carbocycles. The van der Waals surface area contributed by atoms with Crippen molar-refractivity contribution in [1.82, 2.24) is 10.2 Å². The van der Waals surface area contributed by atoms with Crippen LogP contribution in [0, 0.1) is 11.8 Å². The van der Waals surface area contributed by atoms with E-state index in [-0.39, 0.29) is 29.9 Å². The molecule has 1 amide bonds. The van der Waals surface area contributed by atoms with Crippen LogP contribution >= 0.6 is 24.0 Å². The van der Waals surface area contributed by atoms with Crippen LogP contribution in [-0.2, 0) is 4.79 Å². The van der Waals surface area contributed by atoms with Gasteiger partial charge in [-0.3, -0.25) is 9.79 Å². The van der Waals surface area contributed by atoms with Crippen molar-refractivity contribution >= 4 is 35.8 Å². The van der Waals surface area contributed by atoms with Gasteiger partial charge < -0.3 is 16.0 Å². The first kappa shape index (κ1) is 18.5. The molecule has 0 aromatic carbocycles. The number of carbonyl (C=O) groups excluding carboxylic acids is 1. The van der Waals surface area contributed by atoms with Crippen LogP contribution in [0.3, 0.4) is 0 Å². The number of nitrogens with zero attached hydrogens (tertiary/aromatic N) is 2. The molecular weight excluding hydrogens is 379 g/mol. The van der Waals surface area contributed by atoms with Gasteiger partial charge in [-0.2, -0.15) is 0 Å². The van der Waals surface area contributed by atoms with E-state index in [1.54, 1.807) is 0 Å². The fourth-order valence-corrected chi connectivity index (χ4v) is 3.04. The molecule has 1 aliphatic heterocycles. The van der Waals surface area contributed by atoms with E-state index in [0.29, 0.717) is 12.3 Å². The Kier molecular flexibility index (Phi) is 8.36. The van der Waals surface area contributed by atoms with Crippen molar-refractivity contribution in [3.63, 3.8) is 0 Å². The maximum atomic E-state index is 11.1. The number of primary amides is 1. The minimum Gasteiger partial charge on any atom is -0.370 e. The standard InChI is InChI=1S/C15H28N4O.HI/c1-17-15(18-8-2-4-12-6-7-12)19-9-3-5-13(11-19)10-14(16)20;/h12-13H,2-11H2,1H3,(H2,16,20)(H,17,18);1H. The third kappa shape index (κ3) is 6.84. The number of likely N-dealkylation sites (tertiary alicyclic amines) is 1. The topological polar surface area (TPSA) is 70.7 Å². The predicted octanol–water partition coefficient (Wildman–Crippen LogP) is 1.96. The minimum atomic E-state index is -0.191. The van der Waals surface area contributed by atoms with Gasteiger partial charge in [-0.1, -0.05) is 12.8 Å². The second-order valence-electron chi connectivity index (χ2n) is 6.18. The Morgan fingerprint density at radius 1 is 1.33 bits per heavy atom. The first-order chi connectivity index (χ1) is 9.69. The van der Waals surface area contributed by atoms with Crippen LogP contribution in [0.4, 0.5) is 0 Å². The Morgan fingerprint density at radius 3 is 2.71 bits per heavy atom. The lowest BCUT2D eigenvalue weighted by Crippen LogP contribution is -2.47. The lowest BCUT2D eigenvalue weighted by atomic mass is 9.95. The summed E-state index contributed by atoms with van der Waals surface area (Å²) in [6, 6.07) is 0. The highest BCUT2D eigenvalue weighted by Gasteiger charge is 2.24. The van der Waals surface area contributed by atoms with Crippen molar-refractivity contribution in [3.8, 4) is 0 Å². The molecule has 0 bridgehead atoms. The SMILES string of the molecule is CN=C(NCCCC1CC1)N1CCCC(CC(N)=O)C1.I. The summed E-state index contributed by atoms with van der Waals surface area (Å²) in [4.78, 5) is 17.7. The number of piperidine rings is 1. The van der Waals surface area contributed by atoms with E-state index in [0.717, 1.165) is 44.4 Å². The van der Waals surface area contributed by atoms with E-state index in [1.165, 1.54) is 25.7 Å². The molecule has 2 rings (SSSR count). The van der Waals surface area contributed by atoms with Crippen LogP contribution in [0.15, 0.2) is 4.99 Å². The summed E-state index contributed by atoms with van der Waals surface area (Å²) in [5, 5.41) is 3.46. The van der Waals surface area contributed by atoms with E-state index in [4.69, 9.17) is 5.73 Å². The van der Waals surface area contributed by atoms with Gasteiger partial charge in [-0.25, -0.2) is 0 Å². The molecule has 0 aromatic rings. The lowest BCUT2D eigenvalue weighted by Gasteiger charge is -2.34. The number of halogens is 1. The number of aliphatic imine (C=N–C) groups is 1. The molecule has 1 atom stereocenters. The highest BCUT2D eigenvalue weighted by molar-refractivity contribution is 14.0. The molecule has 0 radical (unpaired) electrons. The van der Waals surface area contributed by atoms with E-state index >= 15 is 0 Å². The molecular formula is C15H29IN4O. The molecule has 3 N–H and O–H groups in total. The Hall–Kier alpha value is -0.530. The van der Waals surface area contributed by atoms with E-state index in [2.05, 4.69) is 15.2 Å². The quantitative estimate of drug-likeness (QED) is 0.306. The Labute approximate surface area is 145 Å². The van der Waals surface area contributed by atoms with Gasteiger partial charge in [0.2, 0.25) is 5.91 Å². The average molecular weight is 408 g/mol. The molecule has 1 saturated carbocycles. The lowest BCUT2D eigenvalue weighted by molar-refractivity contribution is -0.119. The number of nitrogens with one attached hydrogen (secondary N) is 1. The number of rotatable bonds is 6. The van der Waals surface area contributed by atoms with Gasteiger partial charge in [-0.05, 0) is 37.5 Å². The second-order valence-corrected chi connectivity index (χ2v) is 6.18. The molecule has 1 unspecified atom stereocenters. The number of carbonyl (C=O) groups is 1. The normalized spacial score (nSPS) is 22.6. The summed E-state index contributed by atoms with van der Waals surface area (Å²) in [6.45, 7) is 2.92. The number of nitrogens with two attached hydrogens (primary N) is 1. The van der Waals surface area contributed by atoms with E-state index in [1.807, 2.05) is 7.05 Å². The van der Waals surface area contributed by atoms with Crippen LogP contribution in [0.1, 0.15) is 44.9 Å². The number of hydrogen-bond donors (Lipinski definition) is 2. The average Bonchev–Trinajstić information content (AvgIpc) is 3.22. The van der Waals surface area contributed by atoms with Crippen molar-refractivity contribution in [1.29, 1.82) is 0 Å². The summed E-state index contributed by atoms with van der Waals surface area (Å²) in [5.41, 5.74) is 5.31. The summed E-state index contributed by atoms with van der Waals surface area (Å²) >= 11 is 0. The smallest absolute Gasteiger partial charge is 0.217 e. The molecule has 0 aromatic heterocycles. The van der Waals surface area contributed by atoms with Crippen LogP contribution in [-0.4, -0.2) is 43.4 Å². The zero-order valence-electron chi connectivity index (χ0n) is 13.0. The van der Waals surface area contributed by atoms with Crippen molar-refractivity contribution in [2.75, 3.05) is 26.7 Å². The van der Waals surface area contributed by atoms with Gasteiger partial charge in [0.25, 0.3) is 0 Å². The summed E-state index contributed by atoms with van der Waals surface area (Å²) in [7, 11) is 1.83. The van der Waals surface area contributed by atoms with Crippen LogP contribution in [0.25, 0.3) is 0 Å². The summed E-state index contributed by atoms with van der Waals surface area (Å²) < 4.78 is 0. The minimum absolute atomic E-state index is 0. The van der Waals surface area contributed by atoms with Gasteiger partial charge >= 0.3 is 0 Å². The Morgan fingerprint density at radius 2 is 2.10 bits per heavy atom. The van der Waals surface area contributed by atoms with Crippen molar-refractivity contribution in [2.24, 2.45) is 22.6 Å². The van der Waals surface area contributed by atoms with Crippen molar-refractivity contribution in [3.05, 3.63) is 0 Å². The molecule has 122 valence electrons. The van der Waals surface area contributed by atoms with Crippen molar-refractivity contribution in [2.45, 2.75) is 44.9 Å². The summed E-state index contributed by atoms with van der Waals surface area (Å²) in [5.74, 6) is 2.17. The number of hydrogen-bond acceptors (Lipinski definition) is 2. The number of amides is 1. The van der Waals surface area contributed by atoms with Crippen LogP contribution in [0.2, 0.25) is 0 Å². The van der Waals surface area contributed by atoms with Gasteiger partial charge in [-0.15, -0.1) is 24.0 Å². The first-order valence-electron chi connectivity index (χ1n) is 7.93. The predicted molar refractivity (Wildman–Crippen MR) is 96.8 cm³/mol. The fraction of sp³-hybridized carbons (Fsp3) is 0.867. The molecule has 21 heavy (non-hydrogen) atoms. The summed E-state index contributed by atoms with van der Waals surface area (Å²) in [6.07, 6.45) is 8.12. The van der Waals surface area contributed by atoms with Crippen LogP contribution in [0.5, 0.6) is 0 Å². The number of guanidine groups is 1. The van der Waals surface area contributed by atoms with Gasteiger partial charge in [0, 0.05) is 33.1 Å². The van der Waals surface area contributed by atoms with E-state index in [9.17, 15) is 4.79 Å². The van der Waals surface area contributed by atoms with Gasteiger partial charge in [0.1, 0.15) is 0 Å². The zero-order valence-corrected chi connectivity index (χ0v) is 15.3. The molecule has 1 saturated heterocycles. The second kappa shape index (κ2) is 9.48. The highest BCUT2D eigenvalue weighted by atomic mass is 127. The van der Waals surface area contributed by atoms with Crippen LogP contribution < -0.4 is 11.1 Å². The van der Waals surface area contributed by atoms with Gasteiger partial charge in [0.15, 0.2) is 5.96 Å². The molecule has 5 nitrogen and oxygen atoms in total. The monoisotopic (exact) mass is 408 g/mol. The Balaban J connectivity index is 0.00000220. The Bertz CT molecular complexity index is 358. The fourth-order valence-electron chi connectivity index (χ4n) is 3.04. The van der Waals surface area contributed by atoms with Gasteiger partial charge in [0.05, 0.1) is 0 Å². The highest BCUT2D eigenvalue weighted by Crippen LogP contribution is 2.33. The molecule has 6 heteroatoms. The first-order valence-corrected chi connectivity index (χ1v) is 7.93. The molecule has 2 aliphatic rings. The largest absolute Gasteiger partial charge is 0.370 e. The third-order valence-corrected chi connectivity index (χ3v) is 4.29. The molecule has 2 fully saturated rings. The van der Waals surface area contributed by atoms with Crippen molar-refractivity contribution < 1.29 is 4.79 Å².